The molecule has 0 unspecified atom stereocenters. The number of methoxy groups -OCH3 is 1. The molecule has 3 nitrogen and oxygen atoms in total. The van der Waals surface area contributed by atoms with Crippen molar-refractivity contribution in [3.63, 3.8) is 0 Å². The van der Waals surface area contributed by atoms with E-state index in [-0.39, 0.29) is 0 Å². The van der Waals surface area contributed by atoms with Crippen LogP contribution < -0.4 is 10.1 Å². The van der Waals surface area contributed by atoms with Gasteiger partial charge in [-0.05, 0) is 17.2 Å². The van der Waals surface area contributed by atoms with E-state index in [1.807, 2.05) is 30.3 Å². The van der Waals surface area contributed by atoms with Gasteiger partial charge in [0.2, 0.25) is 5.88 Å². The summed E-state index contributed by atoms with van der Waals surface area (Å²) in [5.74, 6) is 1.20. The predicted octanol–water partition coefficient (Wildman–Crippen LogP) is 3.12. The van der Waals surface area contributed by atoms with E-state index >= 15 is 0 Å². The lowest BCUT2D eigenvalue weighted by atomic mass is 10.1. The minimum absolute atomic E-state index is 0.557. The standard InChI is InChI=1S/C15H17ClN2O/c1-19-15-4-2-3-14(18-15)11-17-10-13-7-5-12(9-16)6-8-13/h2-8,17H,9-11H2,1H3. The first-order valence-electron chi connectivity index (χ1n) is 6.16. The summed E-state index contributed by atoms with van der Waals surface area (Å²) in [6.45, 7) is 1.52. The fraction of sp³-hybridized carbons (Fsp3) is 0.267. The maximum absolute atomic E-state index is 5.76. The van der Waals surface area contributed by atoms with Gasteiger partial charge in [0.1, 0.15) is 0 Å². The van der Waals surface area contributed by atoms with E-state index in [9.17, 15) is 0 Å². The summed E-state index contributed by atoms with van der Waals surface area (Å²) in [6, 6.07) is 14.0. The molecule has 1 aromatic carbocycles. The van der Waals surface area contributed by atoms with E-state index in [0.717, 1.165) is 17.8 Å². The third-order valence-corrected chi connectivity index (χ3v) is 3.11. The average molecular weight is 277 g/mol. The van der Waals surface area contributed by atoms with Crippen molar-refractivity contribution in [2.24, 2.45) is 0 Å². The van der Waals surface area contributed by atoms with Crippen LogP contribution in [0.5, 0.6) is 5.88 Å². The fourth-order valence-electron chi connectivity index (χ4n) is 1.75. The molecule has 1 N–H and O–H groups in total. The smallest absolute Gasteiger partial charge is 0.213 e. The summed E-state index contributed by atoms with van der Waals surface area (Å²) in [7, 11) is 1.62. The Hall–Kier alpha value is -1.58. The second kappa shape index (κ2) is 7.12. The number of halogens is 1. The maximum atomic E-state index is 5.76. The number of aromatic nitrogens is 1. The molecule has 19 heavy (non-hydrogen) atoms. The van der Waals surface area contributed by atoms with Crippen LogP contribution in [0.15, 0.2) is 42.5 Å². The summed E-state index contributed by atoms with van der Waals surface area (Å²) in [4.78, 5) is 4.35. The molecule has 0 aliphatic rings. The van der Waals surface area contributed by atoms with E-state index in [2.05, 4.69) is 22.4 Å². The molecule has 4 heteroatoms. The highest BCUT2D eigenvalue weighted by Crippen LogP contribution is 2.08. The van der Waals surface area contributed by atoms with Gasteiger partial charge in [0.25, 0.3) is 0 Å². The molecule has 0 saturated heterocycles. The molecule has 0 amide bonds. The highest BCUT2D eigenvalue weighted by molar-refractivity contribution is 6.17. The molecule has 0 fully saturated rings. The molecule has 0 atom stereocenters. The minimum Gasteiger partial charge on any atom is -0.481 e. The Morgan fingerprint density at radius 2 is 1.79 bits per heavy atom. The topological polar surface area (TPSA) is 34.1 Å². The van der Waals surface area contributed by atoms with E-state index in [1.54, 1.807) is 7.11 Å². The Labute approximate surface area is 118 Å². The van der Waals surface area contributed by atoms with Crippen molar-refractivity contribution in [1.29, 1.82) is 0 Å². The number of rotatable bonds is 6. The van der Waals surface area contributed by atoms with Crippen LogP contribution in [0.1, 0.15) is 16.8 Å². The molecule has 0 spiro atoms. The lowest BCUT2D eigenvalue weighted by Gasteiger charge is -2.06. The molecule has 0 aliphatic heterocycles. The van der Waals surface area contributed by atoms with Crippen LogP contribution in [-0.4, -0.2) is 12.1 Å². The molecular formula is C15H17ClN2O. The number of hydrogen-bond donors (Lipinski definition) is 1. The van der Waals surface area contributed by atoms with Gasteiger partial charge in [0, 0.05) is 25.0 Å². The molecule has 0 saturated carbocycles. The second-order valence-electron chi connectivity index (χ2n) is 4.22. The first-order chi connectivity index (χ1) is 9.31. The number of nitrogens with one attached hydrogen (secondary N) is 1. The molecule has 2 aromatic rings. The maximum Gasteiger partial charge on any atom is 0.213 e. The van der Waals surface area contributed by atoms with Crippen LogP contribution in [-0.2, 0) is 19.0 Å². The lowest BCUT2D eigenvalue weighted by molar-refractivity contribution is 0.395. The van der Waals surface area contributed by atoms with Gasteiger partial charge in [-0.25, -0.2) is 4.98 Å². The number of pyridine rings is 1. The molecule has 0 radical (unpaired) electrons. The zero-order chi connectivity index (χ0) is 13.5. The fourth-order valence-corrected chi connectivity index (χ4v) is 1.93. The Kier molecular flexibility index (Phi) is 5.19. The van der Waals surface area contributed by atoms with E-state index in [4.69, 9.17) is 16.3 Å². The first-order valence-corrected chi connectivity index (χ1v) is 6.69. The van der Waals surface area contributed by atoms with Gasteiger partial charge < -0.3 is 10.1 Å². The molecule has 0 bridgehead atoms. The van der Waals surface area contributed by atoms with Crippen LogP contribution in [0.3, 0.4) is 0 Å². The second-order valence-corrected chi connectivity index (χ2v) is 4.49. The summed E-state index contributed by atoms with van der Waals surface area (Å²) >= 11 is 5.76. The largest absolute Gasteiger partial charge is 0.481 e. The number of ether oxygens (including phenoxy) is 1. The van der Waals surface area contributed by atoms with Crippen LogP contribution in [0, 0.1) is 0 Å². The SMILES string of the molecule is COc1cccc(CNCc2ccc(CCl)cc2)n1. The van der Waals surface area contributed by atoms with Gasteiger partial charge in [-0.2, -0.15) is 0 Å². The Bertz CT molecular complexity index is 514. The van der Waals surface area contributed by atoms with Gasteiger partial charge in [0.15, 0.2) is 0 Å². The highest BCUT2D eigenvalue weighted by Gasteiger charge is 1.98. The minimum atomic E-state index is 0.557. The van der Waals surface area contributed by atoms with E-state index < -0.39 is 0 Å². The highest BCUT2D eigenvalue weighted by atomic mass is 35.5. The molecule has 0 aliphatic carbocycles. The number of hydrogen-bond acceptors (Lipinski definition) is 3. The number of alkyl halides is 1. The van der Waals surface area contributed by atoms with E-state index in [1.165, 1.54) is 5.56 Å². The molecule has 1 heterocycles. The number of benzene rings is 1. The molecular weight excluding hydrogens is 260 g/mol. The number of nitrogens with zero attached hydrogens (tertiary/aromatic N) is 1. The van der Waals surface area contributed by atoms with Crippen LogP contribution >= 0.6 is 11.6 Å². The molecule has 2 rings (SSSR count). The van der Waals surface area contributed by atoms with Gasteiger partial charge in [0.05, 0.1) is 12.8 Å². The Morgan fingerprint density at radius 3 is 2.47 bits per heavy atom. The zero-order valence-electron chi connectivity index (χ0n) is 10.9. The van der Waals surface area contributed by atoms with Crippen molar-refractivity contribution in [1.82, 2.24) is 10.3 Å². The Morgan fingerprint density at radius 1 is 1.05 bits per heavy atom. The lowest BCUT2D eigenvalue weighted by Crippen LogP contribution is -2.13. The van der Waals surface area contributed by atoms with Gasteiger partial charge in [-0.15, -0.1) is 11.6 Å². The van der Waals surface area contributed by atoms with Gasteiger partial charge in [-0.1, -0.05) is 30.3 Å². The van der Waals surface area contributed by atoms with Crippen LogP contribution in [0.2, 0.25) is 0 Å². The monoisotopic (exact) mass is 276 g/mol. The zero-order valence-corrected chi connectivity index (χ0v) is 11.7. The van der Waals surface area contributed by atoms with Crippen molar-refractivity contribution in [3.05, 3.63) is 59.3 Å². The van der Waals surface area contributed by atoms with E-state index in [0.29, 0.717) is 18.3 Å². The average Bonchev–Trinajstić information content (AvgIpc) is 2.48. The van der Waals surface area contributed by atoms with Crippen molar-refractivity contribution < 1.29 is 4.74 Å². The van der Waals surface area contributed by atoms with Crippen molar-refractivity contribution in [3.8, 4) is 5.88 Å². The molecule has 100 valence electrons. The molecule has 1 aromatic heterocycles. The third-order valence-electron chi connectivity index (χ3n) is 2.80. The normalized spacial score (nSPS) is 10.4. The van der Waals surface area contributed by atoms with Gasteiger partial charge in [-0.3, -0.25) is 0 Å². The Balaban J connectivity index is 1.85. The third kappa shape index (κ3) is 4.23. The van der Waals surface area contributed by atoms with Crippen molar-refractivity contribution in [2.75, 3.05) is 7.11 Å². The first kappa shape index (κ1) is 13.8. The summed E-state index contributed by atoms with van der Waals surface area (Å²) in [5.41, 5.74) is 3.34. The van der Waals surface area contributed by atoms with Crippen LogP contribution in [0.25, 0.3) is 0 Å². The quantitative estimate of drug-likeness (QED) is 0.823. The summed E-state index contributed by atoms with van der Waals surface area (Å²) in [5, 5.41) is 3.36. The van der Waals surface area contributed by atoms with Crippen molar-refractivity contribution in [2.45, 2.75) is 19.0 Å². The van der Waals surface area contributed by atoms with Crippen LogP contribution in [0.4, 0.5) is 0 Å². The van der Waals surface area contributed by atoms with Gasteiger partial charge >= 0.3 is 0 Å². The summed E-state index contributed by atoms with van der Waals surface area (Å²) < 4.78 is 5.09. The summed E-state index contributed by atoms with van der Waals surface area (Å²) in [6.07, 6.45) is 0. The predicted molar refractivity (Wildman–Crippen MR) is 77.3 cm³/mol. The van der Waals surface area contributed by atoms with Crippen molar-refractivity contribution >= 4 is 11.6 Å².